The summed E-state index contributed by atoms with van der Waals surface area (Å²) in [5.41, 5.74) is 0.854. The summed E-state index contributed by atoms with van der Waals surface area (Å²) in [6, 6.07) is 0.130. The fourth-order valence-electron chi connectivity index (χ4n) is 2.46. The smallest absolute Gasteiger partial charge is 0.320 e. The normalized spacial score (nSPS) is 28.2. The molecular formula is C12H17N5O5. The molecule has 1 aliphatic rings. The Morgan fingerprint density at radius 3 is 2.73 bits per heavy atom. The van der Waals surface area contributed by atoms with Crippen molar-refractivity contribution in [3.8, 4) is 6.01 Å². The fraction of sp³-hybridized carbons (Fsp3) is 0.583. The van der Waals surface area contributed by atoms with Crippen LogP contribution in [0.4, 0.5) is 5.82 Å². The minimum atomic E-state index is -1.21. The third-order valence-corrected chi connectivity index (χ3v) is 3.61. The molecule has 2 aromatic rings. The predicted molar refractivity (Wildman–Crippen MR) is 74.4 cm³/mol. The van der Waals surface area contributed by atoms with E-state index in [4.69, 9.17) is 9.47 Å². The van der Waals surface area contributed by atoms with E-state index >= 15 is 0 Å². The molecule has 0 spiro atoms. The van der Waals surface area contributed by atoms with Crippen LogP contribution in [0, 0.1) is 0 Å². The van der Waals surface area contributed by atoms with Crippen LogP contribution in [-0.2, 0) is 4.74 Å². The number of imidazole rings is 1. The molecular weight excluding hydrogens is 294 g/mol. The second kappa shape index (κ2) is 5.65. The van der Waals surface area contributed by atoms with E-state index in [0.717, 1.165) is 0 Å². The average molecular weight is 311 g/mol. The van der Waals surface area contributed by atoms with E-state index in [1.807, 2.05) is 0 Å². The molecule has 1 aliphatic heterocycles. The standard InChI is InChI=1S/C12H17N5O5/c1-13-9-6-10(16-12(15-9)21-2)17(4-14-6)11-8(20)7(19)5(3-18)22-11/h4-5,7-8,11,18-20H,3H2,1-2H3,(H,13,15,16)/t5-,7-,8-,11-/m1/s1. The Labute approximate surface area is 125 Å². The quantitative estimate of drug-likeness (QED) is 0.531. The summed E-state index contributed by atoms with van der Waals surface area (Å²) in [6.07, 6.45) is -2.76. The van der Waals surface area contributed by atoms with E-state index in [2.05, 4.69) is 20.3 Å². The van der Waals surface area contributed by atoms with Gasteiger partial charge in [0.1, 0.15) is 18.3 Å². The maximum Gasteiger partial charge on any atom is 0.320 e. The molecule has 10 nitrogen and oxygen atoms in total. The molecule has 22 heavy (non-hydrogen) atoms. The monoisotopic (exact) mass is 311 g/mol. The van der Waals surface area contributed by atoms with Crippen molar-refractivity contribution in [2.24, 2.45) is 0 Å². The summed E-state index contributed by atoms with van der Waals surface area (Å²) in [5.74, 6) is 0.465. The van der Waals surface area contributed by atoms with Crippen molar-refractivity contribution in [1.29, 1.82) is 0 Å². The van der Waals surface area contributed by atoms with Crippen LogP contribution in [0.2, 0.25) is 0 Å². The maximum absolute atomic E-state index is 10.1. The Balaban J connectivity index is 2.08. The SMILES string of the molecule is CNc1nc(OC)nc2c1ncn2[C@@H]1O[C@H](CO)[C@@H](O)[C@H]1O. The molecule has 0 aliphatic carbocycles. The van der Waals surface area contributed by atoms with E-state index in [0.29, 0.717) is 17.0 Å². The molecule has 2 aromatic heterocycles. The van der Waals surface area contributed by atoms with Gasteiger partial charge in [-0.25, -0.2) is 4.98 Å². The number of aliphatic hydroxyl groups is 3. The van der Waals surface area contributed by atoms with E-state index in [1.54, 1.807) is 7.05 Å². The number of fused-ring (bicyclic) bond motifs is 1. The van der Waals surface area contributed by atoms with Crippen molar-refractivity contribution in [2.75, 3.05) is 26.1 Å². The first-order chi connectivity index (χ1) is 10.6. The lowest BCUT2D eigenvalue weighted by molar-refractivity contribution is -0.0511. The Morgan fingerprint density at radius 2 is 2.14 bits per heavy atom. The predicted octanol–water partition coefficient (Wildman–Crippen LogP) is -1.51. The van der Waals surface area contributed by atoms with Crippen LogP contribution < -0.4 is 10.1 Å². The summed E-state index contributed by atoms with van der Waals surface area (Å²) < 4.78 is 12.0. The number of anilines is 1. The molecule has 0 bridgehead atoms. The first-order valence-corrected chi connectivity index (χ1v) is 6.69. The molecule has 0 amide bonds. The van der Waals surface area contributed by atoms with E-state index in [9.17, 15) is 15.3 Å². The van der Waals surface area contributed by atoms with Gasteiger partial charge in [0, 0.05) is 7.05 Å². The van der Waals surface area contributed by atoms with Gasteiger partial charge in [0.15, 0.2) is 23.2 Å². The lowest BCUT2D eigenvalue weighted by Gasteiger charge is -2.16. The Hall–Kier alpha value is -2.01. The number of rotatable bonds is 4. The summed E-state index contributed by atoms with van der Waals surface area (Å²) in [5, 5.41) is 32.0. The van der Waals surface area contributed by atoms with Crippen molar-refractivity contribution in [1.82, 2.24) is 19.5 Å². The third-order valence-electron chi connectivity index (χ3n) is 3.61. The molecule has 10 heteroatoms. The van der Waals surface area contributed by atoms with Gasteiger partial charge in [-0.1, -0.05) is 0 Å². The fourth-order valence-corrected chi connectivity index (χ4v) is 2.46. The van der Waals surface area contributed by atoms with E-state index < -0.39 is 31.1 Å². The third kappa shape index (κ3) is 2.16. The van der Waals surface area contributed by atoms with Gasteiger partial charge in [-0.15, -0.1) is 0 Å². The van der Waals surface area contributed by atoms with Crippen LogP contribution in [0.1, 0.15) is 6.23 Å². The van der Waals surface area contributed by atoms with Crippen molar-refractivity contribution in [3.63, 3.8) is 0 Å². The number of methoxy groups -OCH3 is 1. The molecule has 1 fully saturated rings. The topological polar surface area (TPSA) is 135 Å². The summed E-state index contributed by atoms with van der Waals surface area (Å²) in [4.78, 5) is 12.5. The highest BCUT2D eigenvalue weighted by molar-refractivity contribution is 5.83. The largest absolute Gasteiger partial charge is 0.467 e. The van der Waals surface area contributed by atoms with Crippen molar-refractivity contribution in [2.45, 2.75) is 24.5 Å². The molecule has 3 rings (SSSR count). The average Bonchev–Trinajstić information content (AvgIpc) is 3.08. The van der Waals surface area contributed by atoms with Crippen molar-refractivity contribution >= 4 is 17.0 Å². The number of hydrogen-bond donors (Lipinski definition) is 4. The van der Waals surface area contributed by atoms with Crippen LogP contribution in [-0.4, -0.2) is 73.9 Å². The number of aliphatic hydroxyl groups excluding tert-OH is 3. The minimum absolute atomic E-state index is 0.130. The Morgan fingerprint density at radius 1 is 1.36 bits per heavy atom. The zero-order valence-corrected chi connectivity index (χ0v) is 12.0. The van der Waals surface area contributed by atoms with Crippen LogP contribution in [0.25, 0.3) is 11.2 Å². The highest BCUT2D eigenvalue weighted by Gasteiger charge is 2.44. The first kappa shape index (κ1) is 14.9. The number of nitrogens with one attached hydrogen (secondary N) is 1. The number of ether oxygens (including phenoxy) is 2. The van der Waals surface area contributed by atoms with Crippen LogP contribution in [0.5, 0.6) is 6.01 Å². The summed E-state index contributed by atoms with van der Waals surface area (Å²) in [6.45, 7) is -0.401. The molecule has 1 saturated heterocycles. The zero-order chi connectivity index (χ0) is 15.9. The second-order valence-corrected chi connectivity index (χ2v) is 4.86. The second-order valence-electron chi connectivity index (χ2n) is 4.86. The molecule has 4 atom stereocenters. The zero-order valence-electron chi connectivity index (χ0n) is 12.0. The lowest BCUT2D eigenvalue weighted by atomic mass is 10.1. The molecule has 4 N–H and O–H groups in total. The Kier molecular flexibility index (Phi) is 3.83. The van der Waals surface area contributed by atoms with Gasteiger partial charge in [-0.3, -0.25) is 4.57 Å². The molecule has 120 valence electrons. The highest BCUT2D eigenvalue weighted by atomic mass is 16.6. The van der Waals surface area contributed by atoms with E-state index in [-0.39, 0.29) is 6.01 Å². The minimum Gasteiger partial charge on any atom is -0.467 e. The molecule has 3 heterocycles. The lowest BCUT2D eigenvalue weighted by Crippen LogP contribution is -2.33. The summed E-state index contributed by atoms with van der Waals surface area (Å²) >= 11 is 0. The molecule has 0 aromatic carbocycles. The van der Waals surface area contributed by atoms with Gasteiger partial charge < -0.3 is 30.1 Å². The molecule has 0 radical (unpaired) electrons. The van der Waals surface area contributed by atoms with Crippen LogP contribution in [0.15, 0.2) is 6.33 Å². The first-order valence-electron chi connectivity index (χ1n) is 6.69. The van der Waals surface area contributed by atoms with Gasteiger partial charge in [-0.2, -0.15) is 9.97 Å². The number of hydrogen-bond acceptors (Lipinski definition) is 9. The Bertz CT molecular complexity index is 677. The maximum atomic E-state index is 10.1. The van der Waals surface area contributed by atoms with Crippen LogP contribution >= 0.6 is 0 Å². The van der Waals surface area contributed by atoms with Gasteiger partial charge in [-0.05, 0) is 0 Å². The van der Waals surface area contributed by atoms with Crippen molar-refractivity contribution < 1.29 is 24.8 Å². The number of aromatic nitrogens is 4. The van der Waals surface area contributed by atoms with Gasteiger partial charge in [0.25, 0.3) is 0 Å². The summed E-state index contributed by atoms with van der Waals surface area (Å²) in [7, 11) is 3.13. The highest BCUT2D eigenvalue weighted by Crippen LogP contribution is 2.32. The molecule has 0 saturated carbocycles. The molecule has 0 unspecified atom stereocenters. The number of nitrogens with zero attached hydrogens (tertiary/aromatic N) is 4. The van der Waals surface area contributed by atoms with Crippen LogP contribution in [0.3, 0.4) is 0 Å². The van der Waals surface area contributed by atoms with Gasteiger partial charge in [0.05, 0.1) is 20.0 Å². The van der Waals surface area contributed by atoms with Gasteiger partial charge in [0.2, 0.25) is 0 Å². The van der Waals surface area contributed by atoms with Gasteiger partial charge >= 0.3 is 6.01 Å². The van der Waals surface area contributed by atoms with E-state index in [1.165, 1.54) is 18.0 Å². The van der Waals surface area contributed by atoms with Crippen molar-refractivity contribution in [3.05, 3.63) is 6.33 Å².